The maximum atomic E-state index is 10.5. The van der Waals surface area contributed by atoms with Gasteiger partial charge in [-0.2, -0.15) is 0 Å². The van der Waals surface area contributed by atoms with E-state index in [1.165, 1.54) is 0 Å². The first kappa shape index (κ1) is 12.0. The molecule has 2 N–H and O–H groups in total. The van der Waals surface area contributed by atoms with Crippen molar-refractivity contribution in [3.8, 4) is 0 Å². The van der Waals surface area contributed by atoms with E-state index in [-0.39, 0.29) is 0 Å². The molecule has 1 heterocycles. The van der Waals surface area contributed by atoms with E-state index in [9.17, 15) is 5.11 Å². The van der Waals surface area contributed by atoms with Crippen LogP contribution < -0.4 is 5.32 Å². The van der Waals surface area contributed by atoms with Crippen molar-refractivity contribution in [2.75, 3.05) is 26.8 Å². The Labute approximate surface area is 86.8 Å². The summed E-state index contributed by atoms with van der Waals surface area (Å²) in [7, 11) is 1.71. The third-order valence-corrected chi connectivity index (χ3v) is 3.61. The van der Waals surface area contributed by atoms with Crippen molar-refractivity contribution in [2.45, 2.75) is 32.3 Å². The van der Waals surface area contributed by atoms with Gasteiger partial charge in [-0.25, -0.2) is 0 Å². The van der Waals surface area contributed by atoms with Crippen LogP contribution >= 0.6 is 0 Å². The monoisotopic (exact) mass is 201 g/mol. The van der Waals surface area contributed by atoms with Gasteiger partial charge in [0.05, 0.1) is 5.60 Å². The largest absolute Gasteiger partial charge is 0.389 e. The van der Waals surface area contributed by atoms with Crippen LogP contribution in [-0.4, -0.2) is 37.5 Å². The second kappa shape index (κ2) is 5.10. The van der Waals surface area contributed by atoms with Crippen LogP contribution in [0.1, 0.15) is 26.7 Å². The molecule has 3 unspecified atom stereocenters. The number of aliphatic hydroxyl groups is 1. The molecule has 0 aromatic carbocycles. The van der Waals surface area contributed by atoms with Crippen LogP contribution in [0, 0.1) is 11.8 Å². The van der Waals surface area contributed by atoms with Crippen molar-refractivity contribution < 1.29 is 9.84 Å². The Morgan fingerprint density at radius 2 is 2.36 bits per heavy atom. The lowest BCUT2D eigenvalue weighted by molar-refractivity contribution is -0.0833. The lowest BCUT2D eigenvalue weighted by Crippen LogP contribution is -2.53. The molecule has 0 spiro atoms. The Balaban J connectivity index is 2.52. The Bertz CT molecular complexity index is 175. The van der Waals surface area contributed by atoms with Crippen molar-refractivity contribution in [1.82, 2.24) is 5.32 Å². The second-order valence-electron chi connectivity index (χ2n) is 4.53. The fraction of sp³-hybridized carbons (Fsp3) is 1.00. The van der Waals surface area contributed by atoms with E-state index in [0.717, 1.165) is 32.5 Å². The molecule has 84 valence electrons. The van der Waals surface area contributed by atoms with Gasteiger partial charge < -0.3 is 15.2 Å². The molecule has 3 nitrogen and oxygen atoms in total. The summed E-state index contributed by atoms with van der Waals surface area (Å²) >= 11 is 0. The van der Waals surface area contributed by atoms with Crippen LogP contribution in [-0.2, 0) is 4.74 Å². The summed E-state index contributed by atoms with van der Waals surface area (Å²) in [6.45, 7) is 6.84. The minimum Gasteiger partial charge on any atom is -0.389 e. The molecule has 0 saturated carbocycles. The third-order valence-electron chi connectivity index (χ3n) is 3.61. The lowest BCUT2D eigenvalue weighted by atomic mass is 9.73. The van der Waals surface area contributed by atoms with Crippen molar-refractivity contribution in [2.24, 2.45) is 11.8 Å². The molecule has 0 bridgehead atoms. The Kier molecular flexibility index (Phi) is 4.35. The predicted octanol–water partition coefficient (Wildman–Crippen LogP) is 1.02. The predicted molar refractivity (Wildman–Crippen MR) is 57.3 cm³/mol. The zero-order valence-electron chi connectivity index (χ0n) is 9.55. The summed E-state index contributed by atoms with van der Waals surface area (Å²) in [6.07, 6.45) is 1.80. The van der Waals surface area contributed by atoms with Crippen molar-refractivity contribution in [3.63, 3.8) is 0 Å². The number of piperidine rings is 1. The van der Waals surface area contributed by atoms with Crippen LogP contribution in [0.2, 0.25) is 0 Å². The summed E-state index contributed by atoms with van der Waals surface area (Å²) in [6, 6.07) is 0. The first-order chi connectivity index (χ1) is 6.61. The normalized spacial score (nSPS) is 35.6. The summed E-state index contributed by atoms with van der Waals surface area (Å²) in [5.74, 6) is 0.655. The SMILES string of the molecule is COCCC(C)C1(O)CCNCC1C. The molecule has 14 heavy (non-hydrogen) atoms. The van der Waals surface area contributed by atoms with Crippen LogP contribution in [0.15, 0.2) is 0 Å². The van der Waals surface area contributed by atoms with Crippen LogP contribution in [0.5, 0.6) is 0 Å². The van der Waals surface area contributed by atoms with Crippen LogP contribution in [0.3, 0.4) is 0 Å². The topological polar surface area (TPSA) is 41.5 Å². The highest BCUT2D eigenvalue weighted by Crippen LogP contribution is 2.33. The number of ether oxygens (including phenoxy) is 1. The summed E-state index contributed by atoms with van der Waals surface area (Å²) < 4.78 is 5.06. The number of rotatable bonds is 4. The van der Waals surface area contributed by atoms with Crippen LogP contribution in [0.4, 0.5) is 0 Å². The zero-order chi connectivity index (χ0) is 10.6. The molecule has 1 aliphatic rings. The average Bonchev–Trinajstić information content (AvgIpc) is 2.19. The van der Waals surface area contributed by atoms with Gasteiger partial charge in [0, 0.05) is 20.3 Å². The molecule has 0 aromatic heterocycles. The summed E-state index contributed by atoms with van der Waals surface area (Å²) in [5.41, 5.74) is -0.496. The van der Waals surface area contributed by atoms with E-state index in [0.29, 0.717) is 11.8 Å². The Hall–Kier alpha value is -0.120. The molecular formula is C11H23NO2. The van der Waals surface area contributed by atoms with Gasteiger partial charge in [-0.05, 0) is 31.2 Å². The van der Waals surface area contributed by atoms with Gasteiger partial charge in [-0.1, -0.05) is 13.8 Å². The van der Waals surface area contributed by atoms with Gasteiger partial charge in [-0.3, -0.25) is 0 Å². The summed E-state index contributed by atoms with van der Waals surface area (Å²) in [4.78, 5) is 0. The first-order valence-electron chi connectivity index (χ1n) is 5.53. The highest BCUT2D eigenvalue weighted by atomic mass is 16.5. The minimum atomic E-state index is -0.496. The molecule has 1 aliphatic heterocycles. The average molecular weight is 201 g/mol. The van der Waals surface area contributed by atoms with Crippen molar-refractivity contribution in [1.29, 1.82) is 0 Å². The highest BCUT2D eigenvalue weighted by Gasteiger charge is 2.40. The molecular weight excluding hydrogens is 178 g/mol. The highest BCUT2D eigenvalue weighted by molar-refractivity contribution is 4.93. The van der Waals surface area contributed by atoms with E-state index in [2.05, 4.69) is 19.2 Å². The fourth-order valence-corrected chi connectivity index (χ4v) is 2.31. The molecule has 0 radical (unpaired) electrons. The molecule has 1 saturated heterocycles. The van der Waals surface area contributed by atoms with Gasteiger partial charge in [0.25, 0.3) is 0 Å². The van der Waals surface area contributed by atoms with Gasteiger partial charge in [-0.15, -0.1) is 0 Å². The van der Waals surface area contributed by atoms with E-state index >= 15 is 0 Å². The smallest absolute Gasteiger partial charge is 0.0723 e. The maximum absolute atomic E-state index is 10.5. The van der Waals surface area contributed by atoms with Crippen LogP contribution in [0.25, 0.3) is 0 Å². The first-order valence-corrected chi connectivity index (χ1v) is 5.53. The lowest BCUT2D eigenvalue weighted by Gasteiger charge is -2.43. The second-order valence-corrected chi connectivity index (χ2v) is 4.53. The Morgan fingerprint density at radius 3 is 2.93 bits per heavy atom. The van der Waals surface area contributed by atoms with Gasteiger partial charge >= 0.3 is 0 Å². The molecule has 1 fully saturated rings. The van der Waals surface area contributed by atoms with Crippen molar-refractivity contribution >= 4 is 0 Å². The standard InChI is InChI=1S/C11H23NO2/c1-9(4-7-14-3)11(13)5-6-12-8-10(11)2/h9-10,12-13H,4-8H2,1-3H3. The van der Waals surface area contributed by atoms with Crippen molar-refractivity contribution in [3.05, 3.63) is 0 Å². The molecule has 0 aliphatic carbocycles. The van der Waals surface area contributed by atoms with Gasteiger partial charge in [0.15, 0.2) is 0 Å². The third kappa shape index (κ3) is 2.47. The van der Waals surface area contributed by atoms with E-state index in [1.807, 2.05) is 0 Å². The van der Waals surface area contributed by atoms with Gasteiger partial charge in [0.2, 0.25) is 0 Å². The molecule has 0 aromatic rings. The number of hydrogen-bond acceptors (Lipinski definition) is 3. The molecule has 3 heteroatoms. The molecule has 3 atom stereocenters. The molecule has 0 amide bonds. The summed E-state index contributed by atoms with van der Waals surface area (Å²) in [5, 5.41) is 13.8. The van der Waals surface area contributed by atoms with E-state index in [4.69, 9.17) is 4.74 Å². The number of nitrogens with one attached hydrogen (secondary N) is 1. The Morgan fingerprint density at radius 1 is 1.64 bits per heavy atom. The number of hydrogen-bond donors (Lipinski definition) is 2. The molecule has 1 rings (SSSR count). The van der Waals surface area contributed by atoms with Gasteiger partial charge in [0.1, 0.15) is 0 Å². The maximum Gasteiger partial charge on any atom is 0.0723 e. The minimum absolute atomic E-state index is 0.319. The quantitative estimate of drug-likeness (QED) is 0.713. The number of methoxy groups -OCH3 is 1. The van der Waals surface area contributed by atoms with E-state index < -0.39 is 5.60 Å². The van der Waals surface area contributed by atoms with E-state index in [1.54, 1.807) is 7.11 Å². The fourth-order valence-electron chi connectivity index (χ4n) is 2.31. The zero-order valence-corrected chi connectivity index (χ0v) is 9.55.